The number of aryl methyl sites for hydroxylation is 1. The first-order chi connectivity index (χ1) is 11.1. The molecule has 1 aliphatic rings. The van der Waals surface area contributed by atoms with E-state index in [1.807, 2.05) is 18.0 Å². The minimum atomic E-state index is -0.307. The molecule has 4 nitrogen and oxygen atoms in total. The summed E-state index contributed by atoms with van der Waals surface area (Å²) in [5.74, 6) is 1.01. The topological polar surface area (TPSA) is 45.5 Å². The second-order valence-electron chi connectivity index (χ2n) is 5.90. The largest absolute Gasteiger partial charge is 0.461 e. The molecule has 1 saturated heterocycles. The summed E-state index contributed by atoms with van der Waals surface area (Å²) in [4.78, 5) is 14.1. The molecule has 122 valence electrons. The van der Waals surface area contributed by atoms with Gasteiger partial charge in [-0.1, -0.05) is 12.1 Å². The summed E-state index contributed by atoms with van der Waals surface area (Å²) in [6, 6.07) is 10.4. The van der Waals surface area contributed by atoms with Gasteiger partial charge in [-0.05, 0) is 37.2 Å². The van der Waals surface area contributed by atoms with Gasteiger partial charge in [-0.3, -0.25) is 4.79 Å². The van der Waals surface area contributed by atoms with Crippen LogP contribution >= 0.6 is 0 Å². The highest BCUT2D eigenvalue weighted by Crippen LogP contribution is 2.25. The zero-order valence-corrected chi connectivity index (χ0v) is 13.2. The molecule has 0 spiro atoms. The first-order valence-corrected chi connectivity index (χ1v) is 7.95. The van der Waals surface area contributed by atoms with Gasteiger partial charge in [0.15, 0.2) is 0 Å². The molecule has 1 aromatic carbocycles. The third-order valence-corrected chi connectivity index (χ3v) is 4.36. The van der Waals surface area contributed by atoms with Gasteiger partial charge in [0.2, 0.25) is 5.91 Å². The lowest BCUT2D eigenvalue weighted by atomic mass is 10.1. The number of carbonyl (C=O) groups excluding carboxylic acids is 1. The number of carbonyl (C=O) groups is 1. The van der Waals surface area contributed by atoms with Crippen molar-refractivity contribution in [3.63, 3.8) is 0 Å². The van der Waals surface area contributed by atoms with Crippen LogP contribution in [0.1, 0.15) is 18.6 Å². The zero-order valence-electron chi connectivity index (χ0n) is 13.2. The minimum absolute atomic E-state index is 0.113. The van der Waals surface area contributed by atoms with Crippen LogP contribution in [0, 0.1) is 5.82 Å². The van der Waals surface area contributed by atoms with Crippen LogP contribution in [-0.2, 0) is 11.2 Å². The Kier molecular flexibility index (Phi) is 4.76. The van der Waals surface area contributed by atoms with Crippen molar-refractivity contribution >= 4 is 5.91 Å². The maximum absolute atomic E-state index is 13.8. The van der Waals surface area contributed by atoms with Gasteiger partial charge in [0.1, 0.15) is 17.3 Å². The quantitative estimate of drug-likeness (QED) is 0.922. The number of amides is 1. The summed E-state index contributed by atoms with van der Waals surface area (Å²) in [5.41, 5.74) is 0.444. The van der Waals surface area contributed by atoms with E-state index in [9.17, 15) is 9.18 Å². The van der Waals surface area contributed by atoms with E-state index in [2.05, 4.69) is 5.32 Å². The summed E-state index contributed by atoms with van der Waals surface area (Å²) in [7, 11) is 1.85. The van der Waals surface area contributed by atoms with Crippen molar-refractivity contribution < 1.29 is 13.6 Å². The summed E-state index contributed by atoms with van der Waals surface area (Å²) in [5, 5.41) is 3.26. The van der Waals surface area contributed by atoms with Crippen molar-refractivity contribution in [1.29, 1.82) is 0 Å². The average molecular weight is 316 g/mol. The van der Waals surface area contributed by atoms with E-state index in [1.54, 1.807) is 24.3 Å². The Morgan fingerprint density at radius 1 is 1.35 bits per heavy atom. The molecule has 0 bridgehead atoms. The van der Waals surface area contributed by atoms with Crippen molar-refractivity contribution in [3.8, 4) is 11.3 Å². The first-order valence-electron chi connectivity index (χ1n) is 7.95. The molecule has 1 aliphatic heterocycles. The van der Waals surface area contributed by atoms with Crippen LogP contribution in [0.2, 0.25) is 0 Å². The number of hydrogen-bond acceptors (Lipinski definition) is 3. The van der Waals surface area contributed by atoms with Crippen LogP contribution < -0.4 is 5.32 Å². The highest BCUT2D eigenvalue weighted by atomic mass is 19.1. The van der Waals surface area contributed by atoms with Crippen molar-refractivity contribution in [2.24, 2.45) is 0 Å². The number of nitrogens with one attached hydrogen (secondary N) is 1. The summed E-state index contributed by atoms with van der Waals surface area (Å²) in [6.07, 6.45) is 1.93. The fourth-order valence-electron chi connectivity index (χ4n) is 2.90. The monoisotopic (exact) mass is 316 g/mol. The number of hydrogen-bond donors (Lipinski definition) is 1. The van der Waals surface area contributed by atoms with Crippen molar-refractivity contribution in [3.05, 3.63) is 48.0 Å². The van der Waals surface area contributed by atoms with Crippen LogP contribution in [0.4, 0.5) is 4.39 Å². The fraction of sp³-hybridized carbons (Fsp3) is 0.389. The Hall–Kier alpha value is -2.14. The minimum Gasteiger partial charge on any atom is -0.461 e. The van der Waals surface area contributed by atoms with E-state index in [-0.39, 0.29) is 17.8 Å². The molecule has 1 atom stereocenters. The van der Waals surface area contributed by atoms with E-state index >= 15 is 0 Å². The second kappa shape index (κ2) is 6.96. The van der Waals surface area contributed by atoms with Gasteiger partial charge in [0.05, 0.1) is 5.56 Å². The molecule has 3 rings (SSSR count). The predicted molar refractivity (Wildman–Crippen MR) is 86.5 cm³/mol. The van der Waals surface area contributed by atoms with Crippen molar-refractivity contribution in [1.82, 2.24) is 10.2 Å². The van der Waals surface area contributed by atoms with Crippen LogP contribution in [-0.4, -0.2) is 37.0 Å². The highest BCUT2D eigenvalue weighted by molar-refractivity contribution is 5.76. The number of halogens is 1. The van der Waals surface area contributed by atoms with Gasteiger partial charge in [0, 0.05) is 32.5 Å². The van der Waals surface area contributed by atoms with Crippen LogP contribution in [0.25, 0.3) is 11.3 Å². The molecule has 1 unspecified atom stereocenters. The maximum atomic E-state index is 13.8. The maximum Gasteiger partial charge on any atom is 0.223 e. The predicted octanol–water partition coefficient (Wildman–Crippen LogP) is 2.84. The van der Waals surface area contributed by atoms with Gasteiger partial charge in [-0.15, -0.1) is 0 Å². The molecule has 0 saturated carbocycles. The average Bonchev–Trinajstić information content (AvgIpc) is 3.24. The zero-order chi connectivity index (χ0) is 16.2. The summed E-state index contributed by atoms with van der Waals surface area (Å²) >= 11 is 0. The van der Waals surface area contributed by atoms with Gasteiger partial charge < -0.3 is 14.6 Å². The molecule has 2 aromatic rings. The lowest BCUT2D eigenvalue weighted by Gasteiger charge is -2.23. The number of nitrogens with zero attached hydrogens (tertiary/aromatic N) is 1. The van der Waals surface area contributed by atoms with Gasteiger partial charge in [-0.2, -0.15) is 0 Å². The SMILES string of the molecule is CN(C(=O)CCc1ccc(-c2ccccc2F)o1)C1CCNC1. The number of furan rings is 1. The molecular formula is C18H21FN2O2. The molecule has 1 amide bonds. The smallest absolute Gasteiger partial charge is 0.223 e. The van der Waals surface area contributed by atoms with Gasteiger partial charge >= 0.3 is 0 Å². The second-order valence-corrected chi connectivity index (χ2v) is 5.90. The normalized spacial score (nSPS) is 17.4. The Bertz CT molecular complexity index is 677. The molecule has 23 heavy (non-hydrogen) atoms. The standard InChI is InChI=1S/C18H21FN2O2/c1-21(13-10-11-20-12-13)18(22)9-7-14-6-8-17(23-14)15-4-2-3-5-16(15)19/h2-6,8,13,20H,7,9-12H2,1H3. The van der Waals surface area contributed by atoms with Crippen LogP contribution in [0.3, 0.4) is 0 Å². The lowest BCUT2D eigenvalue weighted by Crippen LogP contribution is -2.38. The molecular weight excluding hydrogens is 295 g/mol. The Balaban J connectivity index is 1.59. The van der Waals surface area contributed by atoms with E-state index in [1.165, 1.54) is 6.07 Å². The summed E-state index contributed by atoms with van der Waals surface area (Å²) < 4.78 is 19.4. The number of rotatable bonds is 5. The van der Waals surface area contributed by atoms with Gasteiger partial charge in [-0.25, -0.2) is 4.39 Å². The van der Waals surface area contributed by atoms with E-state index in [0.717, 1.165) is 19.5 Å². The first kappa shape index (κ1) is 15.7. The number of benzene rings is 1. The van der Waals surface area contributed by atoms with Crippen molar-refractivity contribution in [2.45, 2.75) is 25.3 Å². The third kappa shape index (κ3) is 3.62. The lowest BCUT2D eigenvalue weighted by molar-refractivity contribution is -0.131. The van der Waals surface area contributed by atoms with Crippen LogP contribution in [0.15, 0.2) is 40.8 Å². The molecule has 0 aliphatic carbocycles. The van der Waals surface area contributed by atoms with E-state index in [4.69, 9.17) is 4.42 Å². The van der Waals surface area contributed by atoms with E-state index in [0.29, 0.717) is 29.9 Å². The number of likely N-dealkylation sites (N-methyl/N-ethyl adjacent to an activating group) is 1. The Labute approximate surface area is 135 Å². The fourth-order valence-corrected chi connectivity index (χ4v) is 2.90. The van der Waals surface area contributed by atoms with Crippen molar-refractivity contribution in [2.75, 3.05) is 20.1 Å². The van der Waals surface area contributed by atoms with Gasteiger partial charge in [0.25, 0.3) is 0 Å². The molecule has 2 heterocycles. The van der Waals surface area contributed by atoms with Crippen LogP contribution in [0.5, 0.6) is 0 Å². The Morgan fingerprint density at radius 3 is 2.91 bits per heavy atom. The third-order valence-electron chi connectivity index (χ3n) is 4.36. The highest BCUT2D eigenvalue weighted by Gasteiger charge is 2.23. The molecule has 1 N–H and O–H groups in total. The molecule has 0 radical (unpaired) electrons. The molecule has 1 aromatic heterocycles. The molecule has 5 heteroatoms. The van der Waals surface area contributed by atoms with E-state index < -0.39 is 0 Å². The Morgan fingerprint density at radius 2 is 2.17 bits per heavy atom. The summed E-state index contributed by atoms with van der Waals surface area (Å²) in [6.45, 7) is 1.83. The molecule has 1 fully saturated rings.